The number of nitrogens with zero attached hydrogens (tertiary/aromatic N) is 2. The molecule has 4 heteroatoms. The number of hydrogen-bond acceptors (Lipinski definition) is 4. The van der Waals surface area contributed by atoms with E-state index in [0.29, 0.717) is 5.41 Å². The molecule has 1 unspecified atom stereocenters. The predicted octanol–water partition coefficient (Wildman–Crippen LogP) is 2.41. The molecule has 0 aromatic rings. The maximum Gasteiger partial charge on any atom is 0.0474 e. The molecule has 21 heavy (non-hydrogen) atoms. The molecule has 3 aliphatic rings. The molecule has 0 aromatic carbocycles. The molecule has 3 rings (SSSR count). The maximum atomic E-state index is 6.33. The van der Waals surface area contributed by atoms with E-state index in [9.17, 15) is 0 Å². The van der Waals surface area contributed by atoms with Crippen LogP contribution >= 0.6 is 11.8 Å². The zero-order chi connectivity index (χ0) is 14.9. The molecule has 2 saturated heterocycles. The van der Waals surface area contributed by atoms with E-state index in [-0.39, 0.29) is 5.54 Å². The molecule has 1 atom stereocenters. The third-order valence-electron chi connectivity index (χ3n) is 6.57. The quantitative estimate of drug-likeness (QED) is 0.867. The highest BCUT2D eigenvalue weighted by Crippen LogP contribution is 2.45. The molecule has 1 aliphatic carbocycles. The normalized spacial score (nSPS) is 36.1. The van der Waals surface area contributed by atoms with Crippen LogP contribution in [0.2, 0.25) is 0 Å². The second kappa shape index (κ2) is 6.38. The topological polar surface area (TPSA) is 32.5 Å². The first-order valence-corrected chi connectivity index (χ1v) is 10.0. The third-order valence-corrected chi connectivity index (χ3v) is 7.74. The van der Waals surface area contributed by atoms with Crippen LogP contribution in [0, 0.1) is 5.41 Å². The number of thioether (sulfide) groups is 1. The summed E-state index contributed by atoms with van der Waals surface area (Å²) in [6, 6.07) is 0.884. The van der Waals surface area contributed by atoms with Crippen molar-refractivity contribution in [1.29, 1.82) is 0 Å². The monoisotopic (exact) mass is 311 g/mol. The van der Waals surface area contributed by atoms with Gasteiger partial charge in [0.25, 0.3) is 0 Å². The van der Waals surface area contributed by atoms with Gasteiger partial charge in [0.05, 0.1) is 0 Å². The van der Waals surface area contributed by atoms with Gasteiger partial charge in [0.15, 0.2) is 0 Å². The summed E-state index contributed by atoms with van der Waals surface area (Å²) in [6.45, 7) is 10.7. The van der Waals surface area contributed by atoms with E-state index < -0.39 is 0 Å². The molecule has 0 spiro atoms. The maximum absolute atomic E-state index is 6.33. The third kappa shape index (κ3) is 2.89. The van der Waals surface area contributed by atoms with Crippen molar-refractivity contribution >= 4 is 11.8 Å². The van der Waals surface area contributed by atoms with Crippen LogP contribution in [-0.2, 0) is 0 Å². The lowest BCUT2D eigenvalue weighted by Crippen LogP contribution is -2.69. The molecule has 122 valence electrons. The summed E-state index contributed by atoms with van der Waals surface area (Å²) in [4.78, 5) is 5.52. The Morgan fingerprint density at radius 1 is 1.10 bits per heavy atom. The van der Waals surface area contributed by atoms with E-state index in [4.69, 9.17) is 5.73 Å². The molecule has 0 radical (unpaired) electrons. The zero-order valence-corrected chi connectivity index (χ0v) is 14.8. The summed E-state index contributed by atoms with van der Waals surface area (Å²) in [6.07, 6.45) is 7.06. The summed E-state index contributed by atoms with van der Waals surface area (Å²) >= 11 is 2.11. The Hall–Kier alpha value is 0.230. The van der Waals surface area contributed by atoms with Crippen molar-refractivity contribution in [3.05, 3.63) is 0 Å². The number of piperazine rings is 1. The average Bonchev–Trinajstić information content (AvgIpc) is 3.02. The minimum atomic E-state index is 0.220. The van der Waals surface area contributed by atoms with Gasteiger partial charge >= 0.3 is 0 Å². The van der Waals surface area contributed by atoms with Crippen molar-refractivity contribution in [2.24, 2.45) is 11.1 Å². The fourth-order valence-electron chi connectivity index (χ4n) is 4.76. The van der Waals surface area contributed by atoms with Gasteiger partial charge in [0.2, 0.25) is 0 Å². The van der Waals surface area contributed by atoms with Gasteiger partial charge in [-0.2, -0.15) is 11.8 Å². The average molecular weight is 312 g/mol. The van der Waals surface area contributed by atoms with E-state index in [1.807, 2.05) is 0 Å². The van der Waals surface area contributed by atoms with Gasteiger partial charge < -0.3 is 5.73 Å². The fourth-order valence-corrected chi connectivity index (χ4v) is 6.59. The Labute approximate surface area is 135 Å². The highest BCUT2D eigenvalue weighted by Gasteiger charge is 2.50. The molecular weight excluding hydrogens is 278 g/mol. The van der Waals surface area contributed by atoms with Crippen molar-refractivity contribution in [3.63, 3.8) is 0 Å². The number of nitrogens with two attached hydrogens (primary N) is 1. The minimum absolute atomic E-state index is 0.220. The number of hydrogen-bond donors (Lipinski definition) is 1. The van der Waals surface area contributed by atoms with Crippen molar-refractivity contribution < 1.29 is 0 Å². The molecule has 2 N–H and O–H groups in total. The van der Waals surface area contributed by atoms with Crippen molar-refractivity contribution in [2.45, 2.75) is 57.5 Å². The number of rotatable bonds is 3. The van der Waals surface area contributed by atoms with Crippen LogP contribution < -0.4 is 5.73 Å². The summed E-state index contributed by atoms with van der Waals surface area (Å²) in [5.74, 6) is 2.52. The second-order valence-corrected chi connectivity index (χ2v) is 8.99. The van der Waals surface area contributed by atoms with Gasteiger partial charge in [-0.25, -0.2) is 0 Å². The Bertz CT molecular complexity index is 346. The zero-order valence-electron chi connectivity index (χ0n) is 13.9. The molecular formula is C17H33N3S. The van der Waals surface area contributed by atoms with Crippen LogP contribution in [-0.4, -0.2) is 65.6 Å². The molecule has 0 aromatic heterocycles. The van der Waals surface area contributed by atoms with Gasteiger partial charge in [-0.3, -0.25) is 9.80 Å². The standard InChI is InChI=1S/C17H33N3S/c1-16(2)7-12-21-14-17(16,13-18)20-10-8-19(9-11-20)15-5-3-4-6-15/h15H,3-14,18H2,1-2H3. The van der Waals surface area contributed by atoms with E-state index in [1.54, 1.807) is 0 Å². The largest absolute Gasteiger partial charge is 0.329 e. The molecule has 3 nitrogen and oxygen atoms in total. The van der Waals surface area contributed by atoms with Crippen molar-refractivity contribution in [3.8, 4) is 0 Å². The predicted molar refractivity (Wildman–Crippen MR) is 92.9 cm³/mol. The van der Waals surface area contributed by atoms with E-state index >= 15 is 0 Å². The van der Waals surface area contributed by atoms with E-state index in [1.165, 1.54) is 69.8 Å². The highest BCUT2D eigenvalue weighted by molar-refractivity contribution is 7.99. The van der Waals surface area contributed by atoms with Crippen LogP contribution in [0.3, 0.4) is 0 Å². The fraction of sp³-hybridized carbons (Fsp3) is 1.00. The Balaban J connectivity index is 1.66. The van der Waals surface area contributed by atoms with E-state index in [2.05, 4.69) is 35.4 Å². The second-order valence-electron chi connectivity index (χ2n) is 7.88. The first-order chi connectivity index (χ1) is 10.1. The smallest absolute Gasteiger partial charge is 0.0474 e. The summed E-state index contributed by atoms with van der Waals surface area (Å²) in [7, 11) is 0. The van der Waals surface area contributed by atoms with Crippen LogP contribution in [0.15, 0.2) is 0 Å². The first-order valence-electron chi connectivity index (χ1n) is 8.86. The van der Waals surface area contributed by atoms with Gasteiger partial charge in [-0.15, -0.1) is 0 Å². The summed E-state index contributed by atoms with van der Waals surface area (Å²) in [5, 5.41) is 0. The molecule has 0 amide bonds. The van der Waals surface area contributed by atoms with Crippen LogP contribution in [0.1, 0.15) is 46.0 Å². The lowest BCUT2D eigenvalue weighted by molar-refractivity contribution is -0.0346. The first kappa shape index (κ1) is 16.1. The SMILES string of the molecule is CC1(C)CCSCC1(CN)N1CCN(C2CCCC2)CC1. The summed E-state index contributed by atoms with van der Waals surface area (Å²) < 4.78 is 0. The molecule has 1 saturated carbocycles. The van der Waals surface area contributed by atoms with Crippen LogP contribution in [0.25, 0.3) is 0 Å². The lowest BCUT2D eigenvalue weighted by atomic mass is 9.69. The van der Waals surface area contributed by atoms with Crippen LogP contribution in [0.5, 0.6) is 0 Å². The Morgan fingerprint density at radius 3 is 2.33 bits per heavy atom. The molecule has 2 aliphatic heterocycles. The highest BCUT2D eigenvalue weighted by atomic mass is 32.2. The van der Waals surface area contributed by atoms with Gasteiger partial charge in [0, 0.05) is 50.1 Å². The molecule has 0 bridgehead atoms. The minimum Gasteiger partial charge on any atom is -0.329 e. The van der Waals surface area contributed by atoms with Gasteiger partial charge in [-0.05, 0) is 30.4 Å². The van der Waals surface area contributed by atoms with Crippen molar-refractivity contribution in [2.75, 3.05) is 44.2 Å². The van der Waals surface area contributed by atoms with Gasteiger partial charge in [0.1, 0.15) is 0 Å². The van der Waals surface area contributed by atoms with Gasteiger partial charge in [-0.1, -0.05) is 26.7 Å². The Morgan fingerprint density at radius 2 is 1.76 bits per heavy atom. The van der Waals surface area contributed by atoms with Crippen LogP contribution in [0.4, 0.5) is 0 Å². The lowest BCUT2D eigenvalue weighted by Gasteiger charge is -2.57. The summed E-state index contributed by atoms with van der Waals surface area (Å²) in [5.41, 5.74) is 6.90. The molecule has 3 fully saturated rings. The molecule has 2 heterocycles. The van der Waals surface area contributed by atoms with E-state index in [0.717, 1.165) is 12.6 Å². The Kier molecular flexibility index (Phi) is 4.90. The van der Waals surface area contributed by atoms with Crippen molar-refractivity contribution in [1.82, 2.24) is 9.80 Å².